The smallest absolute Gasteiger partial charge is 0.330 e. The highest BCUT2D eigenvalue weighted by Crippen LogP contribution is 2.45. The molecule has 2 fully saturated rings. The van der Waals surface area contributed by atoms with Crippen LogP contribution in [0.15, 0.2) is 16.9 Å². The summed E-state index contributed by atoms with van der Waals surface area (Å²) in [6, 6.07) is 4.36. The minimum absolute atomic E-state index is 0.00444. The summed E-state index contributed by atoms with van der Waals surface area (Å²) < 4.78 is 3.53. The lowest BCUT2D eigenvalue weighted by molar-refractivity contribution is -0.140. The van der Waals surface area contributed by atoms with Crippen LogP contribution in [0.25, 0.3) is 11.2 Å². The van der Waals surface area contributed by atoms with Crippen LogP contribution in [0, 0.1) is 16.7 Å². The number of carbonyl (C=O) groups excluding carboxylic acids is 1. The van der Waals surface area contributed by atoms with Gasteiger partial charge in [0.05, 0.1) is 5.52 Å². The van der Waals surface area contributed by atoms with Crippen LogP contribution in [0.1, 0.15) is 78.3 Å². The summed E-state index contributed by atoms with van der Waals surface area (Å²) in [7, 11) is 3.82. The van der Waals surface area contributed by atoms with E-state index in [1.165, 1.54) is 0 Å². The molecule has 1 saturated carbocycles. The highest BCUT2D eigenvalue weighted by atomic mass is 16.2. The molecule has 1 amide bonds. The number of amides is 1. The molecule has 2 unspecified atom stereocenters. The maximum atomic E-state index is 13.3. The second-order valence-corrected chi connectivity index (χ2v) is 12.5. The van der Waals surface area contributed by atoms with Crippen LogP contribution in [-0.2, 0) is 18.4 Å². The summed E-state index contributed by atoms with van der Waals surface area (Å²) in [4.78, 5) is 33.4. The van der Waals surface area contributed by atoms with E-state index in [9.17, 15) is 9.59 Å². The molecule has 0 radical (unpaired) electrons. The Morgan fingerprint density at radius 1 is 1.21 bits per heavy atom. The molecule has 34 heavy (non-hydrogen) atoms. The van der Waals surface area contributed by atoms with E-state index in [2.05, 4.69) is 57.0 Å². The van der Waals surface area contributed by atoms with Crippen molar-refractivity contribution in [3.8, 4) is 0 Å². The molecule has 2 aliphatic rings. The molecule has 0 aromatic carbocycles. The standard InChI is InChI=1S/C27H43N5O2/c1-26(2,3)17-32-21-9-8-20(29-23(21)31(7)25(32)34)19-10-13-27(4,5)22(16-19)30(6)24(33)18-11-14-28-15-12-18/h8-9,18-19,22,28H,10-17H2,1-7H3. The number of piperidine rings is 1. The fourth-order valence-electron chi connectivity index (χ4n) is 6.02. The fourth-order valence-corrected chi connectivity index (χ4v) is 6.02. The predicted molar refractivity (Wildman–Crippen MR) is 137 cm³/mol. The van der Waals surface area contributed by atoms with Gasteiger partial charge in [-0.25, -0.2) is 9.78 Å². The van der Waals surface area contributed by atoms with Gasteiger partial charge in [0.15, 0.2) is 5.65 Å². The molecule has 2 atom stereocenters. The Kier molecular flexibility index (Phi) is 6.71. The third-order valence-corrected chi connectivity index (χ3v) is 8.10. The number of carbonyl (C=O) groups is 1. The zero-order valence-corrected chi connectivity index (χ0v) is 22.1. The maximum Gasteiger partial charge on any atom is 0.330 e. The van der Waals surface area contributed by atoms with E-state index < -0.39 is 0 Å². The molecule has 2 aromatic rings. The van der Waals surface area contributed by atoms with Crippen molar-refractivity contribution >= 4 is 17.1 Å². The zero-order valence-electron chi connectivity index (χ0n) is 22.1. The van der Waals surface area contributed by atoms with Crippen LogP contribution >= 0.6 is 0 Å². The normalized spacial score (nSPS) is 23.9. The quantitative estimate of drug-likeness (QED) is 0.737. The van der Waals surface area contributed by atoms with E-state index in [0.717, 1.165) is 62.1 Å². The average Bonchev–Trinajstić information content (AvgIpc) is 3.02. The lowest BCUT2D eigenvalue weighted by atomic mass is 9.67. The van der Waals surface area contributed by atoms with Crippen molar-refractivity contribution in [1.29, 1.82) is 0 Å². The summed E-state index contributed by atoms with van der Waals surface area (Å²) >= 11 is 0. The van der Waals surface area contributed by atoms with Crippen molar-refractivity contribution < 1.29 is 4.79 Å². The number of hydrogen-bond donors (Lipinski definition) is 1. The van der Waals surface area contributed by atoms with Crippen molar-refractivity contribution in [3.05, 3.63) is 28.3 Å². The van der Waals surface area contributed by atoms with Crippen molar-refractivity contribution in [1.82, 2.24) is 24.3 Å². The molecule has 1 aliphatic heterocycles. The van der Waals surface area contributed by atoms with Crippen LogP contribution in [-0.4, -0.2) is 51.1 Å². The summed E-state index contributed by atoms with van der Waals surface area (Å²) in [5.41, 5.74) is 2.76. The van der Waals surface area contributed by atoms with E-state index >= 15 is 0 Å². The Balaban J connectivity index is 1.60. The maximum absolute atomic E-state index is 13.3. The summed E-state index contributed by atoms with van der Waals surface area (Å²) in [5.74, 6) is 0.714. The molecule has 7 nitrogen and oxygen atoms in total. The number of rotatable bonds is 4. The lowest BCUT2D eigenvalue weighted by Crippen LogP contribution is -2.51. The highest BCUT2D eigenvalue weighted by molar-refractivity contribution is 5.79. The average molecular weight is 470 g/mol. The Morgan fingerprint density at radius 2 is 1.88 bits per heavy atom. The van der Waals surface area contributed by atoms with Gasteiger partial charge in [-0.15, -0.1) is 0 Å². The van der Waals surface area contributed by atoms with E-state index in [-0.39, 0.29) is 34.4 Å². The Morgan fingerprint density at radius 3 is 2.53 bits per heavy atom. The molecular formula is C27H43N5O2. The van der Waals surface area contributed by atoms with Gasteiger partial charge in [0.2, 0.25) is 5.91 Å². The number of aryl methyl sites for hydroxylation is 1. The van der Waals surface area contributed by atoms with Gasteiger partial charge in [-0.05, 0) is 68.2 Å². The monoisotopic (exact) mass is 469 g/mol. The van der Waals surface area contributed by atoms with Gasteiger partial charge >= 0.3 is 5.69 Å². The molecule has 4 rings (SSSR count). The number of aromatic nitrogens is 3. The summed E-state index contributed by atoms with van der Waals surface area (Å²) in [6.45, 7) is 13.5. The first-order valence-corrected chi connectivity index (χ1v) is 12.9. The number of nitrogens with one attached hydrogen (secondary N) is 1. The first kappa shape index (κ1) is 25.0. The number of nitrogens with zero attached hydrogens (tertiary/aromatic N) is 4. The molecule has 188 valence electrons. The van der Waals surface area contributed by atoms with Crippen LogP contribution in [0.5, 0.6) is 0 Å². The third-order valence-electron chi connectivity index (χ3n) is 8.10. The second kappa shape index (κ2) is 9.14. The lowest BCUT2D eigenvalue weighted by Gasteiger charge is -2.47. The summed E-state index contributed by atoms with van der Waals surface area (Å²) in [6.07, 6.45) is 4.87. The predicted octanol–water partition coefficient (Wildman–Crippen LogP) is 3.90. The van der Waals surface area contributed by atoms with E-state index in [1.807, 2.05) is 18.7 Å². The van der Waals surface area contributed by atoms with Gasteiger partial charge in [0, 0.05) is 44.2 Å². The van der Waals surface area contributed by atoms with E-state index in [1.54, 1.807) is 4.57 Å². The Hall–Kier alpha value is -2.15. The largest absolute Gasteiger partial charge is 0.342 e. The molecule has 1 saturated heterocycles. The second-order valence-electron chi connectivity index (χ2n) is 12.5. The van der Waals surface area contributed by atoms with Gasteiger partial charge in [-0.2, -0.15) is 0 Å². The van der Waals surface area contributed by atoms with Crippen LogP contribution in [0.3, 0.4) is 0 Å². The number of fused-ring (bicyclic) bond motifs is 1. The molecule has 0 spiro atoms. The van der Waals surface area contributed by atoms with Gasteiger partial charge in [0.1, 0.15) is 0 Å². The third kappa shape index (κ3) is 4.81. The summed E-state index contributed by atoms with van der Waals surface area (Å²) in [5, 5.41) is 3.36. The van der Waals surface area contributed by atoms with Crippen LogP contribution in [0.4, 0.5) is 0 Å². The van der Waals surface area contributed by atoms with Gasteiger partial charge < -0.3 is 10.2 Å². The Bertz CT molecular complexity index is 1100. The Labute approximate surface area is 203 Å². The van der Waals surface area contributed by atoms with Crippen molar-refractivity contribution in [3.63, 3.8) is 0 Å². The highest BCUT2D eigenvalue weighted by Gasteiger charge is 2.42. The molecule has 0 bridgehead atoms. The topological polar surface area (TPSA) is 72.2 Å². The van der Waals surface area contributed by atoms with Gasteiger partial charge in [0.25, 0.3) is 0 Å². The minimum atomic E-state index is -0.00969. The van der Waals surface area contributed by atoms with Gasteiger partial charge in [-0.1, -0.05) is 34.6 Å². The van der Waals surface area contributed by atoms with Gasteiger partial charge in [-0.3, -0.25) is 13.9 Å². The molecule has 3 heterocycles. The minimum Gasteiger partial charge on any atom is -0.342 e. The van der Waals surface area contributed by atoms with Crippen LogP contribution in [0.2, 0.25) is 0 Å². The first-order valence-electron chi connectivity index (χ1n) is 12.9. The van der Waals surface area contributed by atoms with Crippen LogP contribution < -0.4 is 11.0 Å². The SMILES string of the molecule is CN(C(=O)C1CCNCC1)C1CC(c2ccc3c(n2)n(C)c(=O)n3CC(C)(C)C)CCC1(C)C. The zero-order chi connectivity index (χ0) is 24.8. The van der Waals surface area contributed by atoms with Crippen molar-refractivity contribution in [2.24, 2.45) is 23.8 Å². The number of hydrogen-bond acceptors (Lipinski definition) is 4. The van der Waals surface area contributed by atoms with Crippen molar-refractivity contribution in [2.45, 2.75) is 85.2 Å². The van der Waals surface area contributed by atoms with E-state index in [4.69, 9.17) is 4.98 Å². The molecular weight excluding hydrogens is 426 g/mol. The fraction of sp³-hybridized carbons (Fsp3) is 0.741. The molecule has 7 heteroatoms. The first-order chi connectivity index (χ1) is 15.9. The van der Waals surface area contributed by atoms with E-state index in [0.29, 0.717) is 12.5 Å². The van der Waals surface area contributed by atoms with Crippen molar-refractivity contribution in [2.75, 3.05) is 20.1 Å². The molecule has 2 aromatic heterocycles. The number of imidazole rings is 1. The molecule has 1 aliphatic carbocycles. The molecule has 1 N–H and O–H groups in total. The number of pyridine rings is 1.